The van der Waals surface area contributed by atoms with Crippen LogP contribution in [0.3, 0.4) is 0 Å². The molecule has 0 saturated carbocycles. The third-order valence-corrected chi connectivity index (χ3v) is 1.74. The van der Waals surface area contributed by atoms with E-state index in [4.69, 9.17) is 0 Å². The number of rotatable bonds is 2. The van der Waals surface area contributed by atoms with Gasteiger partial charge in [0.25, 0.3) is 0 Å². The average Bonchev–Trinajstić information content (AvgIpc) is 2.27. The van der Waals surface area contributed by atoms with Gasteiger partial charge in [0, 0.05) is 0 Å². The Morgan fingerprint density at radius 3 is 1.81 bits per heavy atom. The summed E-state index contributed by atoms with van der Waals surface area (Å²) in [5, 5.41) is 0. The maximum atomic E-state index is 3.36. The monoisotopic (exact) mass is 214 g/mol. The summed E-state index contributed by atoms with van der Waals surface area (Å²) in [5.74, 6) is 0. The lowest BCUT2D eigenvalue weighted by Gasteiger charge is -2.10. The molecule has 0 N–H and O–H groups in total. The molecule has 1 aromatic carbocycles. The van der Waals surface area contributed by atoms with Gasteiger partial charge in [0.2, 0.25) is 0 Å². The van der Waals surface area contributed by atoms with Crippen LogP contribution in [0.5, 0.6) is 0 Å². The number of hydrogen-bond donors (Lipinski definition) is 0. The van der Waals surface area contributed by atoms with Crippen LogP contribution in [0.2, 0.25) is 0 Å². The highest BCUT2D eigenvalue weighted by Gasteiger charge is 2.02. The van der Waals surface area contributed by atoms with E-state index in [0.717, 1.165) is 0 Å². The van der Waals surface area contributed by atoms with Gasteiger partial charge in [-0.1, -0.05) is 88.6 Å². The third-order valence-electron chi connectivity index (χ3n) is 1.74. The van der Waals surface area contributed by atoms with Crippen molar-refractivity contribution >= 4 is 6.08 Å². The summed E-state index contributed by atoms with van der Waals surface area (Å²) in [6.45, 7) is 13.3. The maximum absolute atomic E-state index is 3.36. The van der Waals surface area contributed by atoms with Crippen LogP contribution in [0.15, 0.2) is 61.7 Å². The first-order chi connectivity index (χ1) is 7.49. The molecule has 0 radical (unpaired) electrons. The van der Waals surface area contributed by atoms with Crippen molar-refractivity contribution in [3.8, 4) is 0 Å². The molecule has 1 rings (SSSR count). The van der Waals surface area contributed by atoms with Gasteiger partial charge < -0.3 is 0 Å². The Morgan fingerprint density at radius 1 is 0.938 bits per heavy atom. The summed E-state index contributed by atoms with van der Waals surface area (Å²) in [5.41, 5.74) is 1.54. The van der Waals surface area contributed by atoms with Gasteiger partial charge in [-0.2, -0.15) is 0 Å². The van der Waals surface area contributed by atoms with Gasteiger partial charge in [-0.25, -0.2) is 0 Å². The van der Waals surface area contributed by atoms with E-state index in [0.29, 0.717) is 0 Å². The van der Waals surface area contributed by atoms with Crippen molar-refractivity contribution < 1.29 is 0 Å². The second kappa shape index (κ2) is 7.70. The number of benzene rings is 1. The molecule has 0 aliphatic rings. The largest absolute Gasteiger partial charge is 0.0991 e. The zero-order valence-corrected chi connectivity index (χ0v) is 10.6. The minimum absolute atomic E-state index is 0.274. The van der Waals surface area contributed by atoms with Crippen molar-refractivity contribution in [3.63, 3.8) is 0 Å². The highest BCUT2D eigenvalue weighted by molar-refractivity contribution is 5.49. The fraction of sp³-hybridized carbons (Fsp3) is 0.250. The summed E-state index contributed by atoms with van der Waals surface area (Å²) < 4.78 is 0. The molecule has 0 aliphatic heterocycles. The number of allylic oxidation sites excluding steroid dienone is 3. The van der Waals surface area contributed by atoms with E-state index in [9.17, 15) is 0 Å². The quantitative estimate of drug-likeness (QED) is 0.600. The Hall–Kier alpha value is -1.56. The molecule has 0 aliphatic carbocycles. The Bertz CT molecular complexity index is 317. The van der Waals surface area contributed by atoms with Crippen LogP contribution >= 0.6 is 0 Å². The van der Waals surface area contributed by atoms with E-state index < -0.39 is 0 Å². The normalized spacial score (nSPS) is 10.4. The lowest BCUT2D eigenvalue weighted by atomic mass is 9.95. The minimum atomic E-state index is 0.274. The predicted octanol–water partition coefficient (Wildman–Crippen LogP) is 5.10. The molecule has 0 amide bonds. The molecule has 0 fully saturated rings. The van der Waals surface area contributed by atoms with E-state index in [1.54, 1.807) is 12.2 Å². The van der Waals surface area contributed by atoms with Crippen molar-refractivity contribution in [2.45, 2.75) is 20.8 Å². The fourth-order valence-corrected chi connectivity index (χ4v) is 0.910. The highest BCUT2D eigenvalue weighted by atomic mass is 14.1. The van der Waals surface area contributed by atoms with Crippen molar-refractivity contribution in [1.82, 2.24) is 0 Å². The molecular weight excluding hydrogens is 192 g/mol. The van der Waals surface area contributed by atoms with Crippen LogP contribution < -0.4 is 0 Å². The predicted molar refractivity (Wildman–Crippen MR) is 75.3 cm³/mol. The van der Waals surface area contributed by atoms with Crippen molar-refractivity contribution in [3.05, 3.63) is 67.3 Å². The molecule has 0 atom stereocenters. The SMILES string of the molecule is C=CC=C.CC(C)(C)C=Cc1ccccc1. The molecule has 86 valence electrons. The Morgan fingerprint density at radius 2 is 1.44 bits per heavy atom. The Kier molecular flexibility index (Phi) is 6.95. The van der Waals surface area contributed by atoms with Gasteiger partial charge in [0.1, 0.15) is 0 Å². The van der Waals surface area contributed by atoms with Crippen molar-refractivity contribution in [1.29, 1.82) is 0 Å². The summed E-state index contributed by atoms with van der Waals surface area (Å²) in [7, 11) is 0. The van der Waals surface area contributed by atoms with Gasteiger partial charge in [0.15, 0.2) is 0 Å². The van der Waals surface area contributed by atoms with Crippen molar-refractivity contribution in [2.24, 2.45) is 5.41 Å². The molecule has 0 aromatic heterocycles. The van der Waals surface area contributed by atoms with Gasteiger partial charge >= 0.3 is 0 Å². The lowest BCUT2D eigenvalue weighted by Crippen LogP contribution is -1.97. The van der Waals surface area contributed by atoms with Gasteiger partial charge in [-0.05, 0) is 11.0 Å². The average molecular weight is 214 g/mol. The first kappa shape index (κ1) is 14.4. The second-order valence-corrected chi connectivity index (χ2v) is 4.58. The third kappa shape index (κ3) is 9.01. The first-order valence-corrected chi connectivity index (χ1v) is 5.47. The van der Waals surface area contributed by atoms with Crippen LogP contribution in [0.25, 0.3) is 6.08 Å². The molecule has 0 saturated heterocycles. The molecule has 0 spiro atoms. The molecule has 0 bridgehead atoms. The van der Waals surface area contributed by atoms with E-state index in [1.807, 2.05) is 6.07 Å². The van der Waals surface area contributed by atoms with E-state index in [2.05, 4.69) is 70.3 Å². The van der Waals surface area contributed by atoms with Gasteiger partial charge in [0.05, 0.1) is 0 Å². The molecule has 1 aromatic rings. The number of hydrogen-bond acceptors (Lipinski definition) is 0. The first-order valence-electron chi connectivity index (χ1n) is 5.47. The minimum Gasteiger partial charge on any atom is -0.0991 e. The van der Waals surface area contributed by atoms with E-state index >= 15 is 0 Å². The second-order valence-electron chi connectivity index (χ2n) is 4.58. The Labute approximate surface area is 100 Å². The fourth-order valence-electron chi connectivity index (χ4n) is 0.910. The van der Waals surface area contributed by atoms with Gasteiger partial charge in [-0.3, -0.25) is 0 Å². The highest BCUT2D eigenvalue weighted by Crippen LogP contribution is 2.16. The van der Waals surface area contributed by atoms with Gasteiger partial charge in [-0.15, -0.1) is 0 Å². The molecule has 0 heteroatoms. The van der Waals surface area contributed by atoms with E-state index in [-0.39, 0.29) is 5.41 Å². The van der Waals surface area contributed by atoms with Crippen LogP contribution in [0, 0.1) is 5.41 Å². The summed E-state index contributed by atoms with van der Waals surface area (Å²) in [6, 6.07) is 10.4. The van der Waals surface area contributed by atoms with Crippen molar-refractivity contribution in [2.75, 3.05) is 0 Å². The topological polar surface area (TPSA) is 0 Å². The van der Waals surface area contributed by atoms with Crippen LogP contribution in [0.1, 0.15) is 26.3 Å². The summed E-state index contributed by atoms with van der Waals surface area (Å²) in [4.78, 5) is 0. The maximum Gasteiger partial charge on any atom is -0.0200 e. The van der Waals surface area contributed by atoms with Crippen LogP contribution in [-0.2, 0) is 0 Å². The zero-order valence-electron chi connectivity index (χ0n) is 10.6. The van der Waals surface area contributed by atoms with Crippen LogP contribution in [-0.4, -0.2) is 0 Å². The summed E-state index contributed by atoms with van der Waals surface area (Å²) >= 11 is 0. The standard InChI is InChI=1S/C12H16.C4H6/c1-12(2,3)10-9-11-7-5-4-6-8-11;1-3-4-2/h4-10H,1-3H3;3-4H,1-2H2. The molecule has 16 heavy (non-hydrogen) atoms. The molecule has 0 heterocycles. The molecular formula is C16H22. The Balaban J connectivity index is 0.000000487. The van der Waals surface area contributed by atoms with E-state index in [1.165, 1.54) is 5.56 Å². The smallest absolute Gasteiger partial charge is 0.0200 e. The molecule has 0 unspecified atom stereocenters. The van der Waals surface area contributed by atoms with Crippen LogP contribution in [0.4, 0.5) is 0 Å². The molecule has 0 nitrogen and oxygen atoms in total. The summed E-state index contributed by atoms with van der Waals surface area (Å²) in [6.07, 6.45) is 7.67. The lowest BCUT2D eigenvalue weighted by molar-refractivity contribution is 0.547. The zero-order chi connectivity index (χ0) is 12.4.